The quantitative estimate of drug-likeness (QED) is 0.732. The summed E-state index contributed by atoms with van der Waals surface area (Å²) in [5, 5.41) is 0. The first-order valence-corrected chi connectivity index (χ1v) is 6.36. The molecule has 0 amide bonds. The molecule has 19 heavy (non-hydrogen) atoms. The smallest absolute Gasteiger partial charge is 0.309 e. The van der Waals surface area contributed by atoms with Crippen LogP contribution in [-0.2, 0) is 22.4 Å². The molecule has 0 aromatic carbocycles. The first kappa shape index (κ1) is 13.6. The number of rotatable bonds is 1. The number of esters is 1. The summed E-state index contributed by atoms with van der Waals surface area (Å²) in [4.78, 5) is 30.4. The van der Waals surface area contributed by atoms with Crippen LogP contribution in [0.3, 0.4) is 0 Å². The van der Waals surface area contributed by atoms with Crippen molar-refractivity contribution in [1.82, 2.24) is 9.97 Å². The van der Waals surface area contributed by atoms with Crippen LogP contribution in [0, 0.1) is 5.92 Å². The predicted octanol–water partition coefficient (Wildman–Crippen LogP) is 0.799. The van der Waals surface area contributed by atoms with Gasteiger partial charge in [0.25, 0.3) is 5.56 Å². The van der Waals surface area contributed by atoms with Crippen LogP contribution < -0.4 is 11.3 Å². The molecule has 0 saturated carbocycles. The van der Waals surface area contributed by atoms with E-state index in [2.05, 4.69) is 9.97 Å². The van der Waals surface area contributed by atoms with Crippen LogP contribution in [0.2, 0.25) is 0 Å². The van der Waals surface area contributed by atoms with Gasteiger partial charge in [0.1, 0.15) is 5.60 Å². The number of carbonyl (C=O) groups is 1. The summed E-state index contributed by atoms with van der Waals surface area (Å²) in [5.41, 5.74) is 5.98. The van der Waals surface area contributed by atoms with Crippen molar-refractivity contribution in [1.29, 1.82) is 0 Å². The zero-order chi connectivity index (χ0) is 14.2. The average molecular weight is 265 g/mol. The summed E-state index contributed by atoms with van der Waals surface area (Å²) in [5.74, 6) is -0.410. The molecule has 1 aromatic heterocycles. The van der Waals surface area contributed by atoms with E-state index in [9.17, 15) is 9.59 Å². The minimum absolute atomic E-state index is 0.125. The molecular formula is C13H19N3O3. The Morgan fingerprint density at radius 2 is 2.16 bits per heavy atom. The number of nitrogens with one attached hydrogen (secondary N) is 1. The van der Waals surface area contributed by atoms with Crippen molar-refractivity contribution in [3.8, 4) is 0 Å². The van der Waals surface area contributed by atoms with Gasteiger partial charge in [0.2, 0.25) is 5.95 Å². The minimum atomic E-state index is -0.511. The molecule has 1 unspecified atom stereocenters. The van der Waals surface area contributed by atoms with E-state index < -0.39 is 5.60 Å². The molecule has 104 valence electrons. The van der Waals surface area contributed by atoms with Crippen molar-refractivity contribution in [2.75, 3.05) is 5.73 Å². The fraction of sp³-hybridized carbons (Fsp3) is 0.615. The molecule has 0 radical (unpaired) electrons. The maximum absolute atomic E-state index is 12.0. The van der Waals surface area contributed by atoms with Crippen LogP contribution in [0.5, 0.6) is 0 Å². The Morgan fingerprint density at radius 3 is 2.79 bits per heavy atom. The lowest BCUT2D eigenvalue weighted by atomic mass is 9.87. The maximum Gasteiger partial charge on any atom is 0.309 e. The van der Waals surface area contributed by atoms with Crippen LogP contribution in [0.4, 0.5) is 5.95 Å². The molecule has 1 aromatic rings. The van der Waals surface area contributed by atoms with E-state index in [4.69, 9.17) is 10.5 Å². The molecule has 1 atom stereocenters. The van der Waals surface area contributed by atoms with Crippen LogP contribution in [0.1, 0.15) is 38.4 Å². The van der Waals surface area contributed by atoms with E-state index in [0.29, 0.717) is 30.5 Å². The molecular weight excluding hydrogens is 246 g/mol. The summed E-state index contributed by atoms with van der Waals surface area (Å²) in [6.45, 7) is 5.49. The van der Waals surface area contributed by atoms with Gasteiger partial charge in [0.05, 0.1) is 11.6 Å². The third-order valence-electron chi connectivity index (χ3n) is 3.04. The standard InChI is InChI=1S/C13H19N3O3/c1-13(2,3)19-11(18)7-4-5-9-8(6-7)10(17)16-12(14)15-9/h7H,4-6H2,1-3H3,(H3,14,15,16,17). The van der Waals surface area contributed by atoms with Gasteiger partial charge in [-0.25, -0.2) is 4.98 Å². The number of fused-ring (bicyclic) bond motifs is 1. The molecule has 0 aliphatic heterocycles. The van der Waals surface area contributed by atoms with Crippen LogP contribution in [0.15, 0.2) is 4.79 Å². The molecule has 0 bridgehead atoms. The number of hydrogen-bond donors (Lipinski definition) is 2. The van der Waals surface area contributed by atoms with Gasteiger partial charge in [-0.1, -0.05) is 0 Å². The molecule has 0 saturated heterocycles. The summed E-state index contributed by atoms with van der Waals surface area (Å²) in [7, 11) is 0. The third-order valence-corrected chi connectivity index (χ3v) is 3.04. The maximum atomic E-state index is 12.0. The Labute approximate surface area is 111 Å². The highest BCUT2D eigenvalue weighted by atomic mass is 16.6. The topological polar surface area (TPSA) is 98.1 Å². The van der Waals surface area contributed by atoms with Gasteiger partial charge >= 0.3 is 5.97 Å². The minimum Gasteiger partial charge on any atom is -0.460 e. The molecule has 1 heterocycles. The van der Waals surface area contributed by atoms with E-state index in [1.165, 1.54) is 0 Å². The number of aromatic amines is 1. The van der Waals surface area contributed by atoms with Gasteiger partial charge in [0.15, 0.2) is 0 Å². The van der Waals surface area contributed by atoms with Crippen molar-refractivity contribution >= 4 is 11.9 Å². The van der Waals surface area contributed by atoms with Gasteiger partial charge in [-0.15, -0.1) is 0 Å². The largest absolute Gasteiger partial charge is 0.460 e. The van der Waals surface area contributed by atoms with E-state index in [1.54, 1.807) is 0 Å². The third kappa shape index (κ3) is 3.13. The summed E-state index contributed by atoms with van der Waals surface area (Å²) in [6, 6.07) is 0. The highest BCUT2D eigenvalue weighted by Gasteiger charge is 2.30. The van der Waals surface area contributed by atoms with Crippen molar-refractivity contribution < 1.29 is 9.53 Å². The Bertz CT molecular complexity index is 557. The van der Waals surface area contributed by atoms with E-state index >= 15 is 0 Å². The van der Waals surface area contributed by atoms with Gasteiger partial charge in [0, 0.05) is 5.56 Å². The number of hydrogen-bond acceptors (Lipinski definition) is 5. The number of aryl methyl sites for hydroxylation is 1. The van der Waals surface area contributed by atoms with E-state index in [1.807, 2.05) is 20.8 Å². The number of carbonyl (C=O) groups excluding carboxylic acids is 1. The Morgan fingerprint density at radius 1 is 1.47 bits per heavy atom. The van der Waals surface area contributed by atoms with Gasteiger partial charge < -0.3 is 10.5 Å². The van der Waals surface area contributed by atoms with Gasteiger partial charge in [-0.3, -0.25) is 14.6 Å². The average Bonchev–Trinajstić information content (AvgIpc) is 2.25. The van der Waals surface area contributed by atoms with Crippen molar-refractivity contribution in [3.63, 3.8) is 0 Å². The van der Waals surface area contributed by atoms with Crippen molar-refractivity contribution in [2.24, 2.45) is 5.92 Å². The lowest BCUT2D eigenvalue weighted by Crippen LogP contribution is -2.34. The normalized spacial score (nSPS) is 18.8. The Kier molecular flexibility index (Phi) is 3.34. The lowest BCUT2D eigenvalue weighted by Gasteiger charge is -2.26. The molecule has 1 aliphatic carbocycles. The number of aromatic nitrogens is 2. The molecule has 1 aliphatic rings. The molecule has 6 heteroatoms. The summed E-state index contributed by atoms with van der Waals surface area (Å²) in [6.07, 6.45) is 1.58. The number of nitrogens with zero attached hydrogens (tertiary/aromatic N) is 1. The monoisotopic (exact) mass is 265 g/mol. The molecule has 6 nitrogen and oxygen atoms in total. The number of H-pyrrole nitrogens is 1. The van der Waals surface area contributed by atoms with Crippen molar-refractivity contribution in [2.45, 2.75) is 45.6 Å². The predicted molar refractivity (Wildman–Crippen MR) is 70.6 cm³/mol. The first-order chi connectivity index (χ1) is 8.76. The second kappa shape index (κ2) is 4.68. The van der Waals surface area contributed by atoms with E-state index in [0.717, 1.165) is 0 Å². The molecule has 0 spiro atoms. The highest BCUT2D eigenvalue weighted by molar-refractivity contribution is 5.73. The number of nitrogen functional groups attached to an aromatic ring is 1. The Hall–Kier alpha value is -1.85. The van der Waals surface area contributed by atoms with Crippen molar-refractivity contribution in [3.05, 3.63) is 21.6 Å². The van der Waals surface area contributed by atoms with E-state index in [-0.39, 0.29) is 23.4 Å². The number of anilines is 1. The van der Waals surface area contributed by atoms with Gasteiger partial charge in [-0.05, 0) is 40.0 Å². The number of nitrogens with two attached hydrogens (primary N) is 1. The second-order valence-corrected chi connectivity index (χ2v) is 5.85. The zero-order valence-electron chi connectivity index (χ0n) is 11.4. The fourth-order valence-corrected chi connectivity index (χ4v) is 2.23. The summed E-state index contributed by atoms with van der Waals surface area (Å²) >= 11 is 0. The van der Waals surface area contributed by atoms with Crippen LogP contribution in [0.25, 0.3) is 0 Å². The fourth-order valence-electron chi connectivity index (χ4n) is 2.23. The molecule has 3 N–H and O–H groups in total. The zero-order valence-corrected chi connectivity index (χ0v) is 11.4. The van der Waals surface area contributed by atoms with Gasteiger partial charge in [-0.2, -0.15) is 0 Å². The lowest BCUT2D eigenvalue weighted by molar-refractivity contribution is -0.160. The van der Waals surface area contributed by atoms with Crippen LogP contribution in [-0.4, -0.2) is 21.5 Å². The van der Waals surface area contributed by atoms with Crippen LogP contribution >= 0.6 is 0 Å². The highest BCUT2D eigenvalue weighted by Crippen LogP contribution is 2.24. The SMILES string of the molecule is CC(C)(C)OC(=O)C1CCc2nc(N)[nH]c(=O)c2C1. The molecule has 0 fully saturated rings. The number of ether oxygens (including phenoxy) is 1. The Balaban J connectivity index is 2.19. The molecule has 2 rings (SSSR count). The summed E-state index contributed by atoms with van der Waals surface area (Å²) < 4.78 is 5.36. The first-order valence-electron chi connectivity index (χ1n) is 6.36. The second-order valence-electron chi connectivity index (χ2n) is 5.85.